The van der Waals surface area contributed by atoms with Crippen LogP contribution >= 0.6 is 0 Å². The smallest absolute Gasteiger partial charge is 0.0654 e. The Morgan fingerprint density at radius 1 is 0.559 bits per heavy atom. The zero-order valence-corrected chi connectivity index (χ0v) is 21.1. The van der Waals surface area contributed by atoms with E-state index < -0.39 is 0 Å². The van der Waals surface area contributed by atoms with E-state index in [0.29, 0.717) is 0 Å². The van der Waals surface area contributed by atoms with Gasteiger partial charge in [-0.3, -0.25) is 0 Å². The third-order valence-electron chi connectivity index (χ3n) is 7.58. The van der Waals surface area contributed by atoms with Crippen LogP contribution in [0.2, 0.25) is 0 Å². The number of rotatable bonds is 7. The first-order valence-corrected chi connectivity index (χ1v) is 12.9. The minimum Gasteiger partial charge on any atom is -0.0654 e. The molecule has 0 N–H and O–H groups in total. The highest BCUT2D eigenvalue weighted by Crippen LogP contribution is 2.56. The molecule has 1 aliphatic rings. The molecule has 0 spiro atoms. The summed E-state index contributed by atoms with van der Waals surface area (Å²) in [4.78, 5) is 0. The number of hydrogen-bond acceptors (Lipinski definition) is 0. The molecule has 0 bridgehead atoms. The van der Waals surface area contributed by atoms with Crippen molar-refractivity contribution in [1.29, 1.82) is 0 Å². The van der Waals surface area contributed by atoms with E-state index in [-0.39, 0.29) is 5.41 Å². The van der Waals surface area contributed by atoms with Crippen LogP contribution in [-0.2, 0) is 11.8 Å². The minimum absolute atomic E-state index is 0.297. The Hall–Kier alpha value is -3.12. The molecule has 4 aromatic carbocycles. The summed E-state index contributed by atoms with van der Waals surface area (Å²) < 4.78 is 0. The van der Waals surface area contributed by atoms with Gasteiger partial charge in [0.15, 0.2) is 0 Å². The molecule has 34 heavy (non-hydrogen) atoms. The molecule has 0 aromatic heterocycles. The van der Waals surface area contributed by atoms with Crippen molar-refractivity contribution >= 4 is 0 Å². The summed E-state index contributed by atoms with van der Waals surface area (Å²) in [6.45, 7) is 8.94. The topological polar surface area (TPSA) is 0 Å². The first-order valence-electron chi connectivity index (χ1n) is 12.9. The third-order valence-corrected chi connectivity index (χ3v) is 7.58. The van der Waals surface area contributed by atoms with Crippen molar-refractivity contribution in [3.8, 4) is 11.1 Å². The van der Waals surface area contributed by atoms with E-state index in [1.165, 1.54) is 81.3 Å². The highest BCUT2D eigenvalue weighted by atomic mass is 14.5. The average molecular weight is 445 g/mol. The van der Waals surface area contributed by atoms with Crippen molar-refractivity contribution in [1.82, 2.24) is 0 Å². The van der Waals surface area contributed by atoms with Crippen LogP contribution in [0.5, 0.6) is 0 Å². The van der Waals surface area contributed by atoms with E-state index in [9.17, 15) is 0 Å². The molecular formula is C34H36. The fraction of sp³-hybridized carbons (Fsp3) is 0.294. The monoisotopic (exact) mass is 444 g/mol. The highest BCUT2D eigenvalue weighted by molar-refractivity contribution is 5.86. The first kappa shape index (κ1) is 22.7. The summed E-state index contributed by atoms with van der Waals surface area (Å²) >= 11 is 0. The normalized spacial score (nSPS) is 13.5. The van der Waals surface area contributed by atoms with Crippen molar-refractivity contribution in [2.45, 2.75) is 65.2 Å². The van der Waals surface area contributed by atoms with Gasteiger partial charge in [0.1, 0.15) is 0 Å². The van der Waals surface area contributed by atoms with Gasteiger partial charge in [-0.15, -0.1) is 0 Å². The van der Waals surface area contributed by atoms with E-state index in [1.807, 2.05) is 0 Å². The molecule has 0 atom stereocenters. The van der Waals surface area contributed by atoms with E-state index in [0.717, 1.165) is 6.42 Å². The van der Waals surface area contributed by atoms with Crippen LogP contribution in [-0.4, -0.2) is 0 Å². The number of benzene rings is 4. The van der Waals surface area contributed by atoms with Crippen LogP contribution in [0, 0.1) is 20.8 Å². The lowest BCUT2D eigenvalue weighted by Gasteiger charge is -2.35. The van der Waals surface area contributed by atoms with Crippen LogP contribution in [0.15, 0.2) is 84.9 Å². The molecule has 5 rings (SSSR count). The molecule has 0 radical (unpaired) electrons. The van der Waals surface area contributed by atoms with Gasteiger partial charge in [0, 0.05) is 0 Å². The number of unbranched alkanes of at least 4 members (excludes halogenated alkanes) is 3. The Balaban J connectivity index is 1.79. The Morgan fingerprint density at radius 3 is 1.76 bits per heavy atom. The van der Waals surface area contributed by atoms with Gasteiger partial charge in [0.05, 0.1) is 5.41 Å². The lowest BCUT2D eigenvalue weighted by atomic mass is 9.67. The van der Waals surface area contributed by atoms with Crippen molar-refractivity contribution in [3.05, 3.63) is 129 Å². The summed E-state index contributed by atoms with van der Waals surface area (Å²) in [7, 11) is 0. The highest BCUT2D eigenvalue weighted by Gasteiger charge is 2.46. The second kappa shape index (κ2) is 9.26. The number of hydrogen-bond donors (Lipinski definition) is 0. The van der Waals surface area contributed by atoms with Crippen LogP contribution < -0.4 is 0 Å². The minimum atomic E-state index is -0.297. The molecule has 0 heterocycles. The maximum atomic E-state index is 2.50. The van der Waals surface area contributed by atoms with Gasteiger partial charge in [0.2, 0.25) is 0 Å². The molecule has 0 unspecified atom stereocenters. The SMILES string of the molecule is CCCCCCc1cccc(C2(c3cccc(C)c3)c3cc(C)ccc3-c3ccc(C)cc32)c1. The van der Waals surface area contributed by atoms with Crippen molar-refractivity contribution in [2.24, 2.45) is 0 Å². The molecule has 4 aromatic rings. The largest absolute Gasteiger partial charge is 0.0713 e. The van der Waals surface area contributed by atoms with E-state index in [1.54, 1.807) is 0 Å². The van der Waals surface area contributed by atoms with Crippen molar-refractivity contribution in [2.75, 3.05) is 0 Å². The fourth-order valence-corrected chi connectivity index (χ4v) is 5.93. The predicted octanol–water partition coefficient (Wildman–Crippen LogP) is 9.10. The molecule has 0 aliphatic heterocycles. The van der Waals surface area contributed by atoms with Gasteiger partial charge in [0.25, 0.3) is 0 Å². The van der Waals surface area contributed by atoms with Gasteiger partial charge < -0.3 is 0 Å². The summed E-state index contributed by atoms with van der Waals surface area (Å²) in [6, 6.07) is 32.7. The summed E-state index contributed by atoms with van der Waals surface area (Å²) in [5, 5.41) is 0. The van der Waals surface area contributed by atoms with Crippen molar-refractivity contribution in [3.63, 3.8) is 0 Å². The van der Waals surface area contributed by atoms with Crippen molar-refractivity contribution < 1.29 is 0 Å². The van der Waals surface area contributed by atoms with E-state index in [4.69, 9.17) is 0 Å². The molecule has 0 saturated carbocycles. The predicted molar refractivity (Wildman–Crippen MR) is 146 cm³/mol. The molecular weight excluding hydrogens is 408 g/mol. The molecule has 1 aliphatic carbocycles. The fourth-order valence-electron chi connectivity index (χ4n) is 5.93. The van der Waals surface area contributed by atoms with Crippen LogP contribution in [0.25, 0.3) is 11.1 Å². The number of fused-ring (bicyclic) bond motifs is 3. The second-order valence-electron chi connectivity index (χ2n) is 10.2. The molecule has 0 fully saturated rings. The standard InChI is InChI=1S/C34H36/c1-5-6-7-8-12-27-13-10-15-29(23-27)34(28-14-9-11-24(2)20-28)32-21-25(3)16-18-30(32)31-19-17-26(4)22-33(31)34/h9-11,13-23H,5-8,12H2,1-4H3. The lowest BCUT2D eigenvalue weighted by molar-refractivity contribution is 0.665. The molecule has 0 heteroatoms. The Bertz CT molecular complexity index is 1270. The maximum Gasteiger partial charge on any atom is 0.0713 e. The first-order chi connectivity index (χ1) is 16.5. The molecule has 0 saturated heterocycles. The molecule has 0 nitrogen and oxygen atoms in total. The molecule has 0 amide bonds. The number of aryl methyl sites for hydroxylation is 4. The lowest BCUT2D eigenvalue weighted by Crippen LogP contribution is -2.29. The van der Waals surface area contributed by atoms with E-state index >= 15 is 0 Å². The maximum absolute atomic E-state index is 2.50. The zero-order valence-electron chi connectivity index (χ0n) is 21.1. The summed E-state index contributed by atoms with van der Waals surface area (Å²) in [5.74, 6) is 0. The average Bonchev–Trinajstić information content (AvgIpc) is 3.11. The van der Waals surface area contributed by atoms with E-state index in [2.05, 4.69) is 113 Å². The van der Waals surface area contributed by atoms with Gasteiger partial charge in [-0.05, 0) is 72.6 Å². The summed E-state index contributed by atoms with van der Waals surface area (Å²) in [6.07, 6.45) is 6.34. The van der Waals surface area contributed by atoms with Crippen LogP contribution in [0.1, 0.15) is 77.1 Å². The summed E-state index contributed by atoms with van der Waals surface area (Å²) in [5.41, 5.74) is 13.4. The van der Waals surface area contributed by atoms with Gasteiger partial charge in [-0.2, -0.15) is 0 Å². The van der Waals surface area contributed by atoms with Gasteiger partial charge in [-0.1, -0.05) is 128 Å². The molecule has 172 valence electrons. The Kier molecular flexibility index (Phi) is 6.17. The second-order valence-corrected chi connectivity index (χ2v) is 10.2. The third kappa shape index (κ3) is 3.80. The van der Waals surface area contributed by atoms with Crippen LogP contribution in [0.3, 0.4) is 0 Å². The Labute approximate surface area is 205 Å². The zero-order chi connectivity index (χ0) is 23.7. The van der Waals surface area contributed by atoms with Crippen LogP contribution in [0.4, 0.5) is 0 Å². The van der Waals surface area contributed by atoms with Gasteiger partial charge >= 0.3 is 0 Å². The van der Waals surface area contributed by atoms with Gasteiger partial charge in [-0.25, -0.2) is 0 Å². The Morgan fingerprint density at radius 2 is 1.15 bits per heavy atom. The quantitative estimate of drug-likeness (QED) is 0.220.